The summed E-state index contributed by atoms with van der Waals surface area (Å²) in [6, 6.07) is 8.97. The van der Waals surface area contributed by atoms with E-state index in [0.29, 0.717) is 12.6 Å². The van der Waals surface area contributed by atoms with Gasteiger partial charge < -0.3 is 10.1 Å². The van der Waals surface area contributed by atoms with Crippen LogP contribution in [-0.2, 0) is 19.6 Å². The Hall–Kier alpha value is -1.39. The molecule has 106 valence electrons. The number of nitrogens with zero attached hydrogens (tertiary/aromatic N) is 1. The van der Waals surface area contributed by atoms with Crippen molar-refractivity contribution in [3.8, 4) is 5.75 Å². The molecule has 3 rings (SSSR count). The number of ether oxygens (including phenoxy) is 1. The van der Waals surface area contributed by atoms with Gasteiger partial charge in [0.25, 0.3) is 0 Å². The molecule has 1 aliphatic carbocycles. The smallest absolute Gasteiger partial charge is 0.131 e. The molecule has 0 unspecified atom stereocenters. The Morgan fingerprint density at radius 2 is 2.20 bits per heavy atom. The van der Waals surface area contributed by atoms with Crippen LogP contribution in [0.2, 0.25) is 0 Å². The van der Waals surface area contributed by atoms with Crippen LogP contribution in [0.25, 0.3) is 0 Å². The Balaban J connectivity index is 1.60. The van der Waals surface area contributed by atoms with Gasteiger partial charge in [0.2, 0.25) is 0 Å². The minimum Gasteiger partial charge on any atom is -0.487 e. The van der Waals surface area contributed by atoms with Gasteiger partial charge in [-0.15, -0.1) is 11.3 Å². The third-order valence-electron chi connectivity index (χ3n) is 3.41. The quantitative estimate of drug-likeness (QED) is 0.846. The van der Waals surface area contributed by atoms with Crippen molar-refractivity contribution in [3.63, 3.8) is 0 Å². The fourth-order valence-electron chi connectivity index (χ4n) is 2.06. The van der Waals surface area contributed by atoms with E-state index in [2.05, 4.69) is 34.7 Å². The molecule has 0 saturated heterocycles. The lowest BCUT2D eigenvalue weighted by molar-refractivity contribution is 0.298. The molecule has 0 radical (unpaired) electrons. The highest BCUT2D eigenvalue weighted by Crippen LogP contribution is 2.23. The van der Waals surface area contributed by atoms with E-state index in [4.69, 9.17) is 4.74 Å². The van der Waals surface area contributed by atoms with Crippen molar-refractivity contribution in [2.45, 2.75) is 45.4 Å². The number of aryl methyl sites for hydroxylation is 1. The van der Waals surface area contributed by atoms with E-state index in [1.807, 2.05) is 12.1 Å². The van der Waals surface area contributed by atoms with Crippen molar-refractivity contribution in [1.29, 1.82) is 0 Å². The molecule has 0 bridgehead atoms. The van der Waals surface area contributed by atoms with E-state index in [1.54, 1.807) is 11.3 Å². The molecule has 1 aromatic carbocycles. The lowest BCUT2D eigenvalue weighted by atomic mass is 10.2. The fourth-order valence-corrected chi connectivity index (χ4v) is 2.79. The summed E-state index contributed by atoms with van der Waals surface area (Å²) in [5.74, 6) is 0.965. The summed E-state index contributed by atoms with van der Waals surface area (Å²) in [7, 11) is 0. The summed E-state index contributed by atoms with van der Waals surface area (Å²) in [6.45, 7) is 3.57. The molecule has 0 atom stereocenters. The predicted molar refractivity (Wildman–Crippen MR) is 82.1 cm³/mol. The molecule has 0 amide bonds. The average molecular weight is 288 g/mol. The van der Waals surface area contributed by atoms with Gasteiger partial charge in [-0.2, -0.15) is 0 Å². The van der Waals surface area contributed by atoms with E-state index < -0.39 is 0 Å². The van der Waals surface area contributed by atoms with Gasteiger partial charge in [0.05, 0.1) is 10.7 Å². The predicted octanol–water partition coefficient (Wildman–Crippen LogP) is 3.54. The van der Waals surface area contributed by atoms with E-state index in [0.717, 1.165) is 24.4 Å². The monoisotopic (exact) mass is 288 g/mol. The van der Waals surface area contributed by atoms with Crippen LogP contribution in [-0.4, -0.2) is 11.0 Å². The molecule has 1 N–H and O–H groups in total. The van der Waals surface area contributed by atoms with Crippen LogP contribution < -0.4 is 10.1 Å². The maximum Gasteiger partial charge on any atom is 0.131 e. The van der Waals surface area contributed by atoms with Gasteiger partial charge in [-0.3, -0.25) is 0 Å². The highest BCUT2D eigenvalue weighted by Gasteiger charge is 2.20. The SMILES string of the molecule is CCc1nc(COc2ccccc2CNC2CC2)cs1. The van der Waals surface area contributed by atoms with Gasteiger partial charge in [0.15, 0.2) is 0 Å². The molecule has 2 aromatic rings. The summed E-state index contributed by atoms with van der Waals surface area (Å²) >= 11 is 1.71. The molecule has 0 aliphatic heterocycles. The molecule has 1 heterocycles. The van der Waals surface area contributed by atoms with Crippen molar-refractivity contribution in [1.82, 2.24) is 10.3 Å². The van der Waals surface area contributed by atoms with Crippen LogP contribution in [0.4, 0.5) is 0 Å². The van der Waals surface area contributed by atoms with Crippen molar-refractivity contribution in [2.75, 3.05) is 0 Å². The average Bonchev–Trinajstić information content (AvgIpc) is 3.20. The van der Waals surface area contributed by atoms with Crippen molar-refractivity contribution < 1.29 is 4.74 Å². The number of hydrogen-bond acceptors (Lipinski definition) is 4. The summed E-state index contributed by atoms with van der Waals surface area (Å²) in [5, 5.41) is 6.79. The molecule has 1 aliphatic rings. The van der Waals surface area contributed by atoms with Gasteiger partial charge in [0, 0.05) is 23.5 Å². The third kappa shape index (κ3) is 3.58. The van der Waals surface area contributed by atoms with Crippen LogP contribution in [0.5, 0.6) is 5.75 Å². The zero-order chi connectivity index (χ0) is 13.8. The molecular weight excluding hydrogens is 268 g/mol. The first-order valence-corrected chi connectivity index (χ1v) is 8.10. The van der Waals surface area contributed by atoms with Crippen LogP contribution in [0.1, 0.15) is 36.0 Å². The zero-order valence-electron chi connectivity index (χ0n) is 11.8. The normalized spacial score (nSPS) is 14.4. The third-order valence-corrected chi connectivity index (χ3v) is 4.45. The lowest BCUT2D eigenvalue weighted by Crippen LogP contribution is -2.16. The minimum atomic E-state index is 0.553. The Morgan fingerprint density at radius 3 is 2.95 bits per heavy atom. The Morgan fingerprint density at radius 1 is 1.35 bits per heavy atom. The van der Waals surface area contributed by atoms with Gasteiger partial charge in [-0.05, 0) is 25.3 Å². The maximum absolute atomic E-state index is 5.94. The Kier molecular flexibility index (Phi) is 4.33. The van der Waals surface area contributed by atoms with Crippen molar-refractivity contribution >= 4 is 11.3 Å². The maximum atomic E-state index is 5.94. The molecule has 1 fully saturated rings. The number of benzene rings is 1. The number of hydrogen-bond donors (Lipinski definition) is 1. The number of thiazole rings is 1. The lowest BCUT2D eigenvalue weighted by Gasteiger charge is -2.11. The summed E-state index contributed by atoms with van der Waals surface area (Å²) in [6.07, 6.45) is 3.61. The molecule has 0 spiro atoms. The first kappa shape index (κ1) is 13.6. The van der Waals surface area contributed by atoms with Crippen molar-refractivity contribution in [2.24, 2.45) is 0 Å². The van der Waals surface area contributed by atoms with E-state index >= 15 is 0 Å². The van der Waals surface area contributed by atoms with E-state index in [1.165, 1.54) is 23.4 Å². The molecule has 20 heavy (non-hydrogen) atoms. The summed E-state index contributed by atoms with van der Waals surface area (Å²) in [5.41, 5.74) is 2.25. The number of nitrogens with one attached hydrogen (secondary N) is 1. The molecule has 1 saturated carbocycles. The summed E-state index contributed by atoms with van der Waals surface area (Å²) in [4.78, 5) is 4.54. The second-order valence-electron chi connectivity index (χ2n) is 5.14. The first-order valence-electron chi connectivity index (χ1n) is 7.22. The van der Waals surface area contributed by atoms with Gasteiger partial charge in [-0.1, -0.05) is 25.1 Å². The van der Waals surface area contributed by atoms with Gasteiger partial charge in [-0.25, -0.2) is 4.98 Å². The zero-order valence-corrected chi connectivity index (χ0v) is 12.6. The molecule has 3 nitrogen and oxygen atoms in total. The largest absolute Gasteiger partial charge is 0.487 e. The fraction of sp³-hybridized carbons (Fsp3) is 0.438. The Bertz CT molecular complexity index is 563. The van der Waals surface area contributed by atoms with Gasteiger partial charge in [0.1, 0.15) is 12.4 Å². The van der Waals surface area contributed by atoms with E-state index in [-0.39, 0.29) is 0 Å². The number of para-hydroxylation sites is 1. The van der Waals surface area contributed by atoms with E-state index in [9.17, 15) is 0 Å². The number of aromatic nitrogens is 1. The second-order valence-corrected chi connectivity index (χ2v) is 6.08. The summed E-state index contributed by atoms with van der Waals surface area (Å²) < 4.78 is 5.94. The Labute approximate surface area is 124 Å². The first-order chi connectivity index (χ1) is 9.85. The number of rotatable bonds is 7. The van der Waals surface area contributed by atoms with Crippen molar-refractivity contribution in [3.05, 3.63) is 45.9 Å². The second kappa shape index (κ2) is 6.37. The molecule has 1 aromatic heterocycles. The molecular formula is C16H20N2OS. The van der Waals surface area contributed by atoms with Crippen LogP contribution in [0.15, 0.2) is 29.6 Å². The topological polar surface area (TPSA) is 34.1 Å². The highest BCUT2D eigenvalue weighted by atomic mass is 32.1. The minimum absolute atomic E-state index is 0.553. The standard InChI is InChI=1S/C16H20N2OS/c1-2-16-18-14(11-20-16)10-19-15-6-4-3-5-12(15)9-17-13-7-8-13/h3-6,11,13,17H,2,7-10H2,1H3. The molecule has 4 heteroatoms. The highest BCUT2D eigenvalue weighted by molar-refractivity contribution is 7.09. The van der Waals surface area contributed by atoms with Gasteiger partial charge >= 0.3 is 0 Å². The van der Waals surface area contributed by atoms with Crippen LogP contribution in [0.3, 0.4) is 0 Å². The van der Waals surface area contributed by atoms with Crippen LogP contribution in [0, 0.1) is 0 Å². The van der Waals surface area contributed by atoms with Crippen LogP contribution >= 0.6 is 11.3 Å².